The van der Waals surface area contributed by atoms with Crippen LogP contribution in [0.25, 0.3) is 0 Å². The zero-order chi connectivity index (χ0) is 20.9. The molecular weight excluding hydrogens is 360 g/mol. The monoisotopic (exact) mass is 402 g/mol. The van der Waals surface area contributed by atoms with Gasteiger partial charge in [-0.1, -0.05) is 90.0 Å². The van der Waals surface area contributed by atoms with E-state index in [0.29, 0.717) is 19.8 Å². The summed E-state index contributed by atoms with van der Waals surface area (Å²) in [5.74, 6) is 6.36. The molecule has 28 heavy (non-hydrogen) atoms. The van der Waals surface area contributed by atoms with Gasteiger partial charge in [0.05, 0.1) is 13.2 Å². The van der Waals surface area contributed by atoms with Crippen molar-refractivity contribution in [3.05, 3.63) is 35.4 Å². The van der Waals surface area contributed by atoms with Gasteiger partial charge in [0.2, 0.25) is 0 Å². The Morgan fingerprint density at radius 1 is 0.821 bits per heavy atom. The molecule has 3 heteroatoms. The van der Waals surface area contributed by atoms with Crippen LogP contribution >= 0.6 is 0 Å². The van der Waals surface area contributed by atoms with Gasteiger partial charge in [-0.2, -0.15) is 0 Å². The Morgan fingerprint density at radius 2 is 1.39 bits per heavy atom. The maximum absolute atomic E-state index is 6.28. The summed E-state index contributed by atoms with van der Waals surface area (Å²) in [4.78, 5) is 0. The van der Waals surface area contributed by atoms with E-state index in [-0.39, 0.29) is 5.04 Å². The fourth-order valence-electron chi connectivity index (χ4n) is 2.57. The lowest BCUT2D eigenvalue weighted by atomic mass is 10.1. The predicted octanol–water partition coefficient (Wildman–Crippen LogP) is 7.48. The highest BCUT2D eigenvalue weighted by Gasteiger charge is 2.36. The van der Waals surface area contributed by atoms with Gasteiger partial charge in [-0.3, -0.25) is 0 Å². The summed E-state index contributed by atoms with van der Waals surface area (Å²) in [5.41, 5.74) is 2.42. The highest BCUT2D eigenvalue weighted by molar-refractivity contribution is 6.74. The molecule has 0 amide bonds. The maximum atomic E-state index is 6.28. The van der Waals surface area contributed by atoms with E-state index in [1.807, 2.05) is 0 Å². The third-order valence-corrected chi connectivity index (χ3v) is 10.1. The summed E-state index contributed by atoms with van der Waals surface area (Å²) in [6.45, 7) is 15.5. The molecule has 0 unspecified atom stereocenters. The molecule has 0 fully saturated rings. The quantitative estimate of drug-likeness (QED) is 0.205. The van der Waals surface area contributed by atoms with Gasteiger partial charge in [0, 0.05) is 6.42 Å². The summed E-state index contributed by atoms with van der Waals surface area (Å²) < 4.78 is 12.0. The van der Waals surface area contributed by atoms with Crippen LogP contribution in [-0.4, -0.2) is 14.9 Å². The van der Waals surface area contributed by atoms with Gasteiger partial charge < -0.3 is 9.16 Å². The second-order valence-corrected chi connectivity index (χ2v) is 14.0. The molecule has 0 saturated heterocycles. The number of rotatable bonds is 12. The molecule has 0 radical (unpaired) electrons. The molecule has 2 nitrogen and oxygen atoms in total. The molecule has 0 atom stereocenters. The van der Waals surface area contributed by atoms with Crippen molar-refractivity contribution >= 4 is 8.32 Å². The first-order valence-electron chi connectivity index (χ1n) is 11.0. The largest absolute Gasteiger partial charge is 0.413 e. The van der Waals surface area contributed by atoms with E-state index in [2.05, 4.69) is 76.9 Å². The van der Waals surface area contributed by atoms with Gasteiger partial charge in [-0.15, -0.1) is 5.92 Å². The molecule has 0 aromatic heterocycles. The van der Waals surface area contributed by atoms with Crippen molar-refractivity contribution in [2.24, 2.45) is 0 Å². The fourth-order valence-corrected chi connectivity index (χ4v) is 3.53. The first-order valence-corrected chi connectivity index (χ1v) is 13.9. The fraction of sp³-hybridized carbons (Fsp3) is 0.680. The van der Waals surface area contributed by atoms with Crippen LogP contribution in [0.4, 0.5) is 0 Å². The van der Waals surface area contributed by atoms with Gasteiger partial charge in [0.1, 0.15) is 6.61 Å². The van der Waals surface area contributed by atoms with E-state index in [4.69, 9.17) is 9.16 Å². The zero-order valence-electron chi connectivity index (χ0n) is 19.2. The molecule has 0 bridgehead atoms. The molecule has 0 aliphatic carbocycles. The van der Waals surface area contributed by atoms with Crippen LogP contribution in [0.2, 0.25) is 18.1 Å². The van der Waals surface area contributed by atoms with E-state index >= 15 is 0 Å². The van der Waals surface area contributed by atoms with Gasteiger partial charge >= 0.3 is 0 Å². The van der Waals surface area contributed by atoms with Gasteiger partial charge in [-0.25, -0.2) is 0 Å². The van der Waals surface area contributed by atoms with Crippen LogP contribution in [0.15, 0.2) is 24.3 Å². The molecule has 0 spiro atoms. The molecule has 0 aliphatic heterocycles. The highest BCUT2D eigenvalue weighted by atomic mass is 28.4. The SMILES string of the molecule is CCCCCCCCC#CCOCc1ccc(CO[Si](C)(C)C(C)(C)C)cc1. The smallest absolute Gasteiger partial charge is 0.192 e. The topological polar surface area (TPSA) is 18.5 Å². The molecule has 0 aliphatic rings. The Balaban J connectivity index is 2.20. The summed E-state index contributed by atoms with van der Waals surface area (Å²) in [5, 5.41) is 0.247. The molecule has 1 rings (SSSR count). The summed E-state index contributed by atoms with van der Waals surface area (Å²) in [6, 6.07) is 8.56. The van der Waals surface area contributed by atoms with Crippen LogP contribution in [0.3, 0.4) is 0 Å². The van der Waals surface area contributed by atoms with E-state index in [1.54, 1.807) is 0 Å². The van der Waals surface area contributed by atoms with E-state index in [9.17, 15) is 0 Å². The first kappa shape index (κ1) is 25.0. The standard InChI is InChI=1S/C25H42O2Si/c1-7-8-9-10-11-12-13-14-15-20-26-21-23-16-18-24(19-17-23)22-27-28(5,6)25(2,3)4/h16-19H,7-13,20-22H2,1-6H3. The van der Waals surface area contributed by atoms with Crippen LogP contribution in [0, 0.1) is 11.8 Å². The first-order chi connectivity index (χ1) is 13.3. The molecule has 1 aromatic carbocycles. The van der Waals surface area contributed by atoms with Gasteiger partial charge in [0.25, 0.3) is 0 Å². The lowest BCUT2D eigenvalue weighted by Crippen LogP contribution is -2.40. The predicted molar refractivity (Wildman–Crippen MR) is 124 cm³/mol. The molecule has 1 aromatic rings. The van der Waals surface area contributed by atoms with Crippen molar-refractivity contribution in [2.75, 3.05) is 6.61 Å². The van der Waals surface area contributed by atoms with Crippen LogP contribution in [0.5, 0.6) is 0 Å². The Morgan fingerprint density at radius 3 is 2.00 bits per heavy atom. The van der Waals surface area contributed by atoms with Crippen molar-refractivity contribution in [2.45, 2.75) is 104 Å². The molecule has 0 N–H and O–H groups in total. The Bertz CT molecular complexity index is 588. The Labute approximate surface area is 175 Å². The second-order valence-electron chi connectivity index (χ2n) is 9.23. The van der Waals surface area contributed by atoms with Crippen LogP contribution in [0.1, 0.15) is 83.8 Å². The minimum Gasteiger partial charge on any atom is -0.413 e. The second kappa shape index (κ2) is 13.2. The Kier molecular flexibility index (Phi) is 11.8. The molecule has 0 heterocycles. The van der Waals surface area contributed by atoms with E-state index < -0.39 is 8.32 Å². The normalized spacial score (nSPS) is 11.9. The number of hydrogen-bond donors (Lipinski definition) is 0. The van der Waals surface area contributed by atoms with Crippen molar-refractivity contribution in [3.8, 4) is 11.8 Å². The molecule has 0 saturated carbocycles. The third kappa shape index (κ3) is 10.5. The third-order valence-electron chi connectivity index (χ3n) is 5.65. The zero-order valence-corrected chi connectivity index (χ0v) is 20.2. The van der Waals surface area contributed by atoms with Crippen molar-refractivity contribution in [3.63, 3.8) is 0 Å². The van der Waals surface area contributed by atoms with Gasteiger partial charge in [0.15, 0.2) is 8.32 Å². The van der Waals surface area contributed by atoms with Crippen molar-refractivity contribution < 1.29 is 9.16 Å². The summed E-state index contributed by atoms with van der Waals surface area (Å²) >= 11 is 0. The number of unbranched alkanes of at least 4 members (excludes halogenated alkanes) is 6. The number of hydrogen-bond acceptors (Lipinski definition) is 2. The van der Waals surface area contributed by atoms with E-state index in [0.717, 1.165) is 6.42 Å². The number of benzene rings is 1. The Hall–Kier alpha value is -1.08. The molecule has 158 valence electrons. The minimum absolute atomic E-state index is 0.247. The average molecular weight is 403 g/mol. The lowest BCUT2D eigenvalue weighted by molar-refractivity contribution is 0.153. The summed E-state index contributed by atoms with van der Waals surface area (Å²) in [6.07, 6.45) is 8.92. The van der Waals surface area contributed by atoms with Crippen molar-refractivity contribution in [1.29, 1.82) is 0 Å². The highest BCUT2D eigenvalue weighted by Crippen LogP contribution is 2.37. The lowest BCUT2D eigenvalue weighted by Gasteiger charge is -2.36. The van der Waals surface area contributed by atoms with Crippen LogP contribution < -0.4 is 0 Å². The summed E-state index contributed by atoms with van der Waals surface area (Å²) in [7, 11) is -1.69. The van der Waals surface area contributed by atoms with Crippen LogP contribution in [-0.2, 0) is 22.4 Å². The van der Waals surface area contributed by atoms with Gasteiger partial charge in [-0.05, 0) is 35.7 Å². The van der Waals surface area contributed by atoms with Crippen molar-refractivity contribution in [1.82, 2.24) is 0 Å². The van der Waals surface area contributed by atoms with E-state index in [1.165, 1.54) is 49.7 Å². The average Bonchev–Trinajstić information content (AvgIpc) is 2.64. The maximum Gasteiger partial charge on any atom is 0.192 e. The minimum atomic E-state index is -1.69. The molecular formula is C25H42O2Si. The number of ether oxygens (including phenoxy) is 1.